The van der Waals surface area contributed by atoms with Crippen LogP contribution in [0.5, 0.6) is 0 Å². The molecule has 0 aliphatic heterocycles. The fraction of sp³-hybridized carbons (Fsp3) is 0.579. The second-order valence-corrected chi connectivity index (χ2v) is 6.58. The van der Waals surface area contributed by atoms with Crippen LogP contribution in [0.25, 0.3) is 0 Å². The number of hydrogen-bond donors (Lipinski definition) is 1. The highest BCUT2D eigenvalue weighted by molar-refractivity contribution is 5.98. The number of amides is 1. The third-order valence-corrected chi connectivity index (χ3v) is 4.89. The van der Waals surface area contributed by atoms with Gasteiger partial charge in [-0.3, -0.25) is 9.69 Å². The average molecular weight is 332 g/mol. The largest absolute Gasteiger partial charge is 0.467 e. The molecule has 1 amide bonds. The summed E-state index contributed by atoms with van der Waals surface area (Å²) in [4.78, 5) is 26.9. The van der Waals surface area contributed by atoms with Gasteiger partial charge in [0.25, 0.3) is 5.91 Å². The van der Waals surface area contributed by atoms with Crippen LogP contribution in [0, 0.1) is 5.92 Å². The number of hydrogen-bond acceptors (Lipinski definition) is 4. The lowest BCUT2D eigenvalue weighted by atomic mass is 9.95. The zero-order chi connectivity index (χ0) is 17.7. The third-order valence-electron chi connectivity index (χ3n) is 4.89. The van der Waals surface area contributed by atoms with Gasteiger partial charge in [-0.1, -0.05) is 26.0 Å². The molecule has 1 saturated carbocycles. The predicted molar refractivity (Wildman–Crippen MR) is 93.7 cm³/mol. The van der Waals surface area contributed by atoms with Gasteiger partial charge < -0.3 is 10.1 Å². The van der Waals surface area contributed by atoms with Crippen molar-refractivity contribution in [1.29, 1.82) is 0 Å². The molecule has 1 aromatic rings. The topological polar surface area (TPSA) is 58.6 Å². The first kappa shape index (κ1) is 18.5. The lowest BCUT2D eigenvalue weighted by molar-refractivity contribution is -0.148. The van der Waals surface area contributed by atoms with E-state index in [1.165, 1.54) is 12.7 Å². The molecule has 132 valence electrons. The normalized spacial score (nSPS) is 16.5. The van der Waals surface area contributed by atoms with Gasteiger partial charge in [-0.2, -0.15) is 0 Å². The smallest absolute Gasteiger partial charge is 0.331 e. The Labute approximate surface area is 144 Å². The molecule has 1 aliphatic carbocycles. The van der Waals surface area contributed by atoms with Crippen molar-refractivity contribution in [1.82, 2.24) is 10.2 Å². The van der Waals surface area contributed by atoms with E-state index in [9.17, 15) is 9.59 Å². The number of methoxy groups -OCH3 is 1. The Bertz CT molecular complexity index is 577. The maximum Gasteiger partial charge on any atom is 0.331 e. The van der Waals surface area contributed by atoms with Gasteiger partial charge in [0.2, 0.25) is 0 Å². The number of rotatable bonds is 8. The first-order chi connectivity index (χ1) is 11.4. The van der Waals surface area contributed by atoms with E-state index in [1.807, 2.05) is 24.3 Å². The molecular formula is C19H28N2O3. The number of ether oxygens (including phenoxy) is 1. The van der Waals surface area contributed by atoms with Gasteiger partial charge in [-0.15, -0.1) is 0 Å². The van der Waals surface area contributed by atoms with Gasteiger partial charge in [-0.05, 0) is 56.5 Å². The molecule has 0 unspecified atom stereocenters. The number of nitrogens with zero attached hydrogens (tertiary/aromatic N) is 1. The van der Waals surface area contributed by atoms with Gasteiger partial charge in [0.15, 0.2) is 0 Å². The SMILES string of the molecule is CCN(CC)Cc1ccc(C(=O)N[C@@](C)(C(=O)OC)C2CC2)cc1. The molecule has 24 heavy (non-hydrogen) atoms. The molecule has 5 nitrogen and oxygen atoms in total. The van der Waals surface area contributed by atoms with Crippen LogP contribution < -0.4 is 5.32 Å². The van der Waals surface area contributed by atoms with Gasteiger partial charge in [-0.25, -0.2) is 4.79 Å². The molecule has 2 rings (SSSR count). The Hall–Kier alpha value is -1.88. The van der Waals surface area contributed by atoms with Crippen LogP contribution in [0.2, 0.25) is 0 Å². The van der Waals surface area contributed by atoms with Gasteiger partial charge in [0.05, 0.1) is 7.11 Å². The average Bonchev–Trinajstić information content (AvgIpc) is 3.44. The summed E-state index contributed by atoms with van der Waals surface area (Å²) in [7, 11) is 1.36. The van der Waals surface area contributed by atoms with E-state index in [0.717, 1.165) is 32.5 Å². The Kier molecular flexibility index (Phi) is 5.99. The molecule has 0 aromatic heterocycles. The molecule has 0 bridgehead atoms. The van der Waals surface area contributed by atoms with E-state index in [4.69, 9.17) is 4.74 Å². The van der Waals surface area contributed by atoms with Crippen molar-refractivity contribution in [2.24, 2.45) is 5.92 Å². The highest BCUT2D eigenvalue weighted by Gasteiger charge is 2.49. The number of carbonyl (C=O) groups excluding carboxylic acids is 2. The number of esters is 1. The minimum Gasteiger partial charge on any atom is -0.467 e. The molecule has 1 atom stereocenters. The van der Waals surface area contributed by atoms with Crippen LogP contribution in [-0.2, 0) is 16.1 Å². The van der Waals surface area contributed by atoms with E-state index in [2.05, 4.69) is 24.1 Å². The predicted octanol–water partition coefficient (Wildman–Crippen LogP) is 2.60. The molecular weight excluding hydrogens is 304 g/mol. The van der Waals surface area contributed by atoms with Crippen LogP contribution in [0.1, 0.15) is 49.5 Å². The Balaban J connectivity index is 2.05. The first-order valence-electron chi connectivity index (χ1n) is 8.66. The Morgan fingerprint density at radius 2 is 1.79 bits per heavy atom. The maximum atomic E-state index is 12.5. The summed E-state index contributed by atoms with van der Waals surface area (Å²) in [5.74, 6) is -0.448. The number of benzene rings is 1. The highest BCUT2D eigenvalue weighted by atomic mass is 16.5. The van der Waals surface area contributed by atoms with Crippen LogP contribution in [-0.4, -0.2) is 42.5 Å². The summed E-state index contributed by atoms with van der Waals surface area (Å²) in [5, 5.41) is 2.88. The van der Waals surface area contributed by atoms with Crippen molar-refractivity contribution in [2.45, 2.75) is 45.7 Å². The molecule has 0 heterocycles. The van der Waals surface area contributed by atoms with E-state index < -0.39 is 5.54 Å². The standard InChI is InChI=1S/C19H28N2O3/c1-5-21(6-2)13-14-7-9-15(10-8-14)17(22)20-19(3,16-11-12-16)18(23)24-4/h7-10,16H,5-6,11-13H2,1-4H3,(H,20,22)/t19-/m1/s1. The van der Waals surface area contributed by atoms with Crippen molar-refractivity contribution in [3.8, 4) is 0 Å². The lowest BCUT2D eigenvalue weighted by Gasteiger charge is -2.28. The minimum absolute atomic E-state index is 0.163. The fourth-order valence-corrected chi connectivity index (χ4v) is 2.97. The highest BCUT2D eigenvalue weighted by Crippen LogP contribution is 2.40. The molecule has 5 heteroatoms. The quantitative estimate of drug-likeness (QED) is 0.744. The number of nitrogens with one attached hydrogen (secondary N) is 1. The monoisotopic (exact) mass is 332 g/mol. The number of carbonyl (C=O) groups is 2. The van der Waals surface area contributed by atoms with Crippen LogP contribution in [0.15, 0.2) is 24.3 Å². The zero-order valence-electron chi connectivity index (χ0n) is 15.1. The van der Waals surface area contributed by atoms with Crippen molar-refractivity contribution in [2.75, 3.05) is 20.2 Å². The molecule has 0 radical (unpaired) electrons. The van der Waals surface area contributed by atoms with Gasteiger partial charge >= 0.3 is 5.97 Å². The van der Waals surface area contributed by atoms with E-state index in [1.54, 1.807) is 6.92 Å². The van der Waals surface area contributed by atoms with Crippen molar-refractivity contribution >= 4 is 11.9 Å². The van der Waals surface area contributed by atoms with Crippen molar-refractivity contribution in [3.05, 3.63) is 35.4 Å². The van der Waals surface area contributed by atoms with E-state index in [0.29, 0.717) is 5.56 Å². The second-order valence-electron chi connectivity index (χ2n) is 6.58. The van der Waals surface area contributed by atoms with Crippen LogP contribution >= 0.6 is 0 Å². The summed E-state index contributed by atoms with van der Waals surface area (Å²) in [6.07, 6.45) is 1.88. The lowest BCUT2D eigenvalue weighted by Crippen LogP contribution is -2.54. The third kappa shape index (κ3) is 4.15. The molecule has 1 aliphatic rings. The molecule has 1 fully saturated rings. The summed E-state index contributed by atoms with van der Waals surface area (Å²) < 4.78 is 4.88. The summed E-state index contributed by atoms with van der Waals surface area (Å²) in [6.45, 7) is 8.89. The van der Waals surface area contributed by atoms with Crippen molar-refractivity contribution in [3.63, 3.8) is 0 Å². The van der Waals surface area contributed by atoms with E-state index in [-0.39, 0.29) is 17.8 Å². The fourth-order valence-electron chi connectivity index (χ4n) is 2.97. The Morgan fingerprint density at radius 3 is 2.25 bits per heavy atom. The molecule has 1 aromatic carbocycles. The second kappa shape index (κ2) is 7.79. The molecule has 1 N–H and O–H groups in total. The summed E-state index contributed by atoms with van der Waals surface area (Å²) >= 11 is 0. The Morgan fingerprint density at radius 1 is 1.21 bits per heavy atom. The zero-order valence-corrected chi connectivity index (χ0v) is 15.1. The minimum atomic E-state index is -0.939. The summed E-state index contributed by atoms with van der Waals surface area (Å²) in [6, 6.07) is 7.58. The van der Waals surface area contributed by atoms with Crippen molar-refractivity contribution < 1.29 is 14.3 Å². The molecule has 0 spiro atoms. The van der Waals surface area contributed by atoms with Crippen LogP contribution in [0.3, 0.4) is 0 Å². The summed E-state index contributed by atoms with van der Waals surface area (Å²) in [5.41, 5.74) is 0.799. The maximum absolute atomic E-state index is 12.5. The van der Waals surface area contributed by atoms with E-state index >= 15 is 0 Å². The van der Waals surface area contributed by atoms with Gasteiger partial charge in [0.1, 0.15) is 5.54 Å². The first-order valence-corrected chi connectivity index (χ1v) is 8.66. The molecule has 0 saturated heterocycles. The van der Waals surface area contributed by atoms with Gasteiger partial charge in [0, 0.05) is 12.1 Å². The van der Waals surface area contributed by atoms with Crippen LogP contribution in [0.4, 0.5) is 0 Å².